The number of allylic oxidation sites excluding steroid dienone is 4. The molecule has 0 unspecified atom stereocenters. The Labute approximate surface area is 506 Å². The summed E-state index contributed by atoms with van der Waals surface area (Å²) < 4.78 is 69.7. The number of anilines is 1. The third-order valence-electron chi connectivity index (χ3n) is 18.3. The van der Waals surface area contributed by atoms with Crippen LogP contribution in [0.25, 0.3) is 16.7 Å². The lowest BCUT2D eigenvalue weighted by molar-refractivity contribution is -0.160. The second kappa shape index (κ2) is 25.9. The lowest BCUT2D eigenvalue weighted by atomic mass is 9.78. The number of aromatic carboxylic acids is 1. The monoisotopic (exact) mass is 1220 g/mol. The fourth-order valence-electron chi connectivity index (χ4n) is 13.0. The minimum Gasteiger partial charge on any atom is -0.507 e. The molecule has 2 aromatic carbocycles. The highest BCUT2D eigenvalue weighted by molar-refractivity contribution is 6.32. The van der Waals surface area contributed by atoms with E-state index in [1.807, 2.05) is 0 Å². The SMILES string of the molecule is CO[C@H]1C=CO[C@@]2(C)Oc3c(C)c(O)c4c(c3C2=O)C(=O)C(N2CCC(CCCC3CCN(c5nc6c(cc5F)c(=O)c(C(=O)O)cn6-c5ccc(F)cc5F)CC3)CC2)=C(NC(=O)C(C)=CC=C[C@H](C)[C@H](O)[C@@H](C)[C@@H](O)[C@@H](C)[C@H](OC(C)=O)[C@@H]1C)C4=O. The molecule has 7 heterocycles. The van der Waals surface area contributed by atoms with Gasteiger partial charge >= 0.3 is 17.7 Å². The van der Waals surface area contributed by atoms with Crippen LogP contribution in [-0.4, -0.2) is 134 Å². The predicted octanol–water partition coefficient (Wildman–Crippen LogP) is 8.57. The van der Waals surface area contributed by atoms with Crippen molar-refractivity contribution in [1.29, 1.82) is 0 Å². The number of aliphatic hydroxyl groups excluding tert-OH is 2. The van der Waals surface area contributed by atoms with Crippen LogP contribution in [0, 0.1) is 59.9 Å². The third kappa shape index (κ3) is 12.4. The van der Waals surface area contributed by atoms with E-state index >= 15 is 18.4 Å². The van der Waals surface area contributed by atoms with E-state index < -0.39 is 145 Å². The van der Waals surface area contributed by atoms with Crippen LogP contribution in [-0.2, 0) is 23.8 Å². The Morgan fingerprint density at radius 2 is 1.48 bits per heavy atom. The number of nitrogens with zero attached hydrogens (tertiary/aromatic N) is 4. The summed E-state index contributed by atoms with van der Waals surface area (Å²) in [6.07, 6.45) is 9.01. The second-order valence-corrected chi connectivity index (χ2v) is 24.1. The number of benzene rings is 2. The number of fused-ring (bicyclic) bond motifs is 15. The van der Waals surface area contributed by atoms with Gasteiger partial charge in [0.1, 0.15) is 46.2 Å². The number of pyridine rings is 2. The molecule has 0 radical (unpaired) electrons. The first-order valence-corrected chi connectivity index (χ1v) is 29.7. The fourth-order valence-corrected chi connectivity index (χ4v) is 13.0. The molecule has 470 valence electrons. The summed E-state index contributed by atoms with van der Waals surface area (Å²) >= 11 is 0. The van der Waals surface area contributed by atoms with Crippen LogP contribution in [0.5, 0.6) is 11.5 Å². The number of carboxylic acids is 1. The number of aromatic hydroxyl groups is 1. The maximum atomic E-state index is 15.9. The smallest absolute Gasteiger partial charge is 0.341 e. The maximum Gasteiger partial charge on any atom is 0.341 e. The normalized spacial score (nSPS) is 26.1. The molecule has 5 bridgehead atoms. The number of aliphatic hydroxyl groups is 2. The topological polar surface area (TPSA) is 274 Å². The lowest BCUT2D eigenvalue weighted by Crippen LogP contribution is -2.46. The van der Waals surface area contributed by atoms with Crippen LogP contribution in [0.2, 0.25) is 0 Å². The number of carboxylic acid groups (broad SMARTS) is 1. The number of likely N-dealkylation sites (tertiary alicyclic amines) is 1. The van der Waals surface area contributed by atoms with E-state index in [0.29, 0.717) is 44.8 Å². The van der Waals surface area contributed by atoms with Gasteiger partial charge in [-0.25, -0.2) is 22.9 Å². The molecule has 23 heteroatoms. The van der Waals surface area contributed by atoms with Crippen LogP contribution >= 0.6 is 0 Å². The van der Waals surface area contributed by atoms with Gasteiger partial charge < -0.3 is 54.5 Å². The van der Waals surface area contributed by atoms with Gasteiger partial charge in [0.2, 0.25) is 17.0 Å². The zero-order valence-electron chi connectivity index (χ0n) is 50.5. The fraction of sp³-hybridized carbons (Fsp3) is 0.477. The van der Waals surface area contributed by atoms with Crippen LogP contribution in [0.15, 0.2) is 82.8 Å². The summed E-state index contributed by atoms with van der Waals surface area (Å²) in [4.78, 5) is 105. The van der Waals surface area contributed by atoms with E-state index in [4.69, 9.17) is 18.9 Å². The number of halogens is 3. The lowest BCUT2D eigenvalue weighted by Gasteiger charge is -2.38. The summed E-state index contributed by atoms with van der Waals surface area (Å²) in [5.74, 6) is -13.7. The summed E-state index contributed by atoms with van der Waals surface area (Å²) in [6, 6.07) is 3.53. The van der Waals surface area contributed by atoms with Gasteiger partial charge in [-0.05, 0) is 75.6 Å². The highest BCUT2D eigenvalue weighted by Gasteiger charge is 2.53. The van der Waals surface area contributed by atoms with Crippen LogP contribution < -0.4 is 20.4 Å². The largest absolute Gasteiger partial charge is 0.507 e. The van der Waals surface area contributed by atoms with E-state index in [-0.39, 0.29) is 70.2 Å². The second-order valence-electron chi connectivity index (χ2n) is 24.1. The molecule has 2 saturated heterocycles. The van der Waals surface area contributed by atoms with Gasteiger partial charge in [0.15, 0.2) is 17.3 Å². The molecule has 88 heavy (non-hydrogen) atoms. The number of hydrogen-bond donors (Lipinski definition) is 5. The number of carbonyl (C=O) groups is 6. The molecule has 1 amide bonds. The summed E-state index contributed by atoms with van der Waals surface area (Å²) in [5.41, 5.74) is -3.96. The van der Waals surface area contributed by atoms with Gasteiger partial charge in [0.05, 0.1) is 52.3 Å². The van der Waals surface area contributed by atoms with Gasteiger partial charge in [0.25, 0.3) is 11.7 Å². The van der Waals surface area contributed by atoms with Gasteiger partial charge in [-0.15, -0.1) is 0 Å². The molecule has 9 atom stereocenters. The van der Waals surface area contributed by atoms with Gasteiger partial charge in [0, 0.05) is 94.2 Å². The molecule has 1 aliphatic carbocycles. The summed E-state index contributed by atoms with van der Waals surface area (Å²) in [6.45, 7) is 13.6. The molecule has 4 aromatic rings. The minimum atomic E-state index is -2.15. The Kier molecular flexibility index (Phi) is 18.9. The molecule has 20 nitrogen and oxygen atoms in total. The van der Waals surface area contributed by atoms with Crippen molar-refractivity contribution in [1.82, 2.24) is 19.8 Å². The number of ketones is 3. The number of carbonyl (C=O) groups excluding carboxylic acids is 5. The van der Waals surface area contributed by atoms with Crippen molar-refractivity contribution in [2.24, 2.45) is 35.5 Å². The standard InChI is InChI=1S/C65H74F3N5O15/c1-31-12-10-13-32(2)63(82)69-50-51(57(80)47-48(56(50)79)54(77)36(6)59-49(47)60(81)65(8,88-59)86-27-22-46(85-9)33(3)58(87-37(7)74)35(5)53(76)34(4)52(31)75)71-23-18-38(19-24-71)14-11-15-39-20-25-72(26-21-39)62-44(68)29-41-55(78)42(64(83)84)30-73(61(41)70-62)45-17-16-40(66)28-43(45)67/h10,12-13,16-17,22,27-31,33-35,38-39,46,52-53,58,75-77H,11,14-15,18-21,23-26H2,1-9H3,(H,69,82)(H,83,84)/t31-,33+,34+,35+,46-,52-,53+,58+,65-/m0/s1. The molecule has 5 N–H and O–H groups in total. The number of rotatable bonds is 10. The average molecular weight is 1220 g/mol. The van der Waals surface area contributed by atoms with E-state index in [1.165, 1.54) is 47.0 Å². The average Bonchev–Trinajstić information content (AvgIpc) is 1.43. The van der Waals surface area contributed by atoms with Crippen LogP contribution in [0.1, 0.15) is 140 Å². The molecule has 0 saturated carbocycles. The minimum absolute atomic E-state index is 0.0387. The van der Waals surface area contributed by atoms with Crippen molar-refractivity contribution >= 4 is 52.0 Å². The molecule has 0 spiro atoms. The van der Waals surface area contributed by atoms with Gasteiger partial charge in [-0.1, -0.05) is 65.2 Å². The summed E-state index contributed by atoms with van der Waals surface area (Å²) in [5, 5.41) is 47.1. The highest BCUT2D eigenvalue weighted by Crippen LogP contribution is 2.49. The number of esters is 1. The van der Waals surface area contributed by atoms with Gasteiger partial charge in [-0.3, -0.25) is 33.3 Å². The Morgan fingerprint density at radius 1 is 0.830 bits per heavy atom. The Morgan fingerprint density at radius 3 is 2.09 bits per heavy atom. The van der Waals surface area contributed by atoms with Crippen molar-refractivity contribution in [3.05, 3.63) is 133 Å². The number of piperidine rings is 2. The number of hydrogen-bond acceptors (Lipinski definition) is 17. The number of methoxy groups -OCH3 is 1. The van der Waals surface area contributed by atoms with E-state index in [2.05, 4.69) is 10.3 Å². The summed E-state index contributed by atoms with van der Waals surface area (Å²) in [7, 11) is 1.41. The molecule has 6 aliphatic rings. The van der Waals surface area contributed by atoms with Crippen LogP contribution in [0.4, 0.5) is 19.0 Å². The first-order chi connectivity index (χ1) is 41.7. The van der Waals surface area contributed by atoms with Crippen molar-refractivity contribution < 1.29 is 81.3 Å². The highest BCUT2D eigenvalue weighted by atomic mass is 19.1. The molecule has 2 fully saturated rings. The molecule has 5 aliphatic heterocycles. The molecular formula is C65H74F3N5O15. The zero-order valence-corrected chi connectivity index (χ0v) is 50.5. The molecule has 10 rings (SSSR count). The quantitative estimate of drug-likeness (QED) is 0.0930. The Hall–Kier alpha value is -8.15. The van der Waals surface area contributed by atoms with E-state index in [1.54, 1.807) is 49.6 Å². The number of phenols is 1. The predicted molar refractivity (Wildman–Crippen MR) is 315 cm³/mol. The van der Waals surface area contributed by atoms with E-state index in [0.717, 1.165) is 54.5 Å². The number of amides is 1. The number of nitrogens with one attached hydrogen (secondary N) is 1. The molecular weight excluding hydrogens is 1150 g/mol. The van der Waals surface area contributed by atoms with Crippen molar-refractivity contribution in [3.63, 3.8) is 0 Å². The molecule has 2 aromatic heterocycles. The van der Waals surface area contributed by atoms with Crippen molar-refractivity contribution in [2.75, 3.05) is 38.2 Å². The number of aromatic nitrogens is 2. The third-order valence-corrected chi connectivity index (χ3v) is 18.3. The van der Waals surface area contributed by atoms with E-state index in [9.17, 15) is 48.8 Å². The zero-order chi connectivity index (χ0) is 64.0. The van der Waals surface area contributed by atoms with Crippen LogP contribution in [0.3, 0.4) is 0 Å². The first-order valence-electron chi connectivity index (χ1n) is 29.7. The number of Topliss-reactive ketones (excluding diaryl/α,β-unsaturated/α-hetero) is 3. The Bertz CT molecular complexity index is 3670. The number of phenolic OH excluding ortho intramolecular Hbond substituents is 1. The van der Waals surface area contributed by atoms with Crippen molar-refractivity contribution in [2.45, 2.75) is 131 Å². The van der Waals surface area contributed by atoms with Gasteiger partial charge in [-0.2, -0.15) is 0 Å². The van der Waals surface area contributed by atoms with Crippen molar-refractivity contribution in [3.8, 4) is 17.2 Å². The maximum absolute atomic E-state index is 15.9. The Balaban J connectivity index is 0.937. The number of ether oxygens (including phenoxy) is 4. The first kappa shape index (κ1) is 64.3.